The minimum absolute atomic E-state index is 0.00994. The van der Waals surface area contributed by atoms with Crippen LogP contribution in [0.3, 0.4) is 0 Å². The number of H-pyrrole nitrogens is 1. The van der Waals surface area contributed by atoms with Crippen molar-refractivity contribution in [2.75, 3.05) is 50.7 Å². The number of rotatable bonds is 10. The molecule has 0 aliphatic carbocycles. The second-order valence-electron chi connectivity index (χ2n) is 10.1. The molecule has 5 rings (SSSR count). The van der Waals surface area contributed by atoms with Crippen LogP contribution in [0.25, 0.3) is 11.0 Å². The van der Waals surface area contributed by atoms with Gasteiger partial charge in [0.05, 0.1) is 5.39 Å². The third-order valence-corrected chi connectivity index (χ3v) is 7.88. The number of benzene rings is 2. The zero-order chi connectivity index (χ0) is 28.8. The zero-order valence-electron chi connectivity index (χ0n) is 22.9. The summed E-state index contributed by atoms with van der Waals surface area (Å²) in [7, 11) is 0. The third-order valence-electron chi connectivity index (χ3n) is 7.30. The number of aromatic amines is 1. The molecule has 11 heteroatoms. The van der Waals surface area contributed by atoms with Gasteiger partial charge in [-0.3, -0.25) is 14.5 Å². The van der Waals surface area contributed by atoms with Crippen molar-refractivity contribution in [1.29, 1.82) is 0 Å². The van der Waals surface area contributed by atoms with E-state index < -0.39 is 0 Å². The summed E-state index contributed by atoms with van der Waals surface area (Å²) in [4.78, 5) is 43.4. The van der Waals surface area contributed by atoms with Crippen LogP contribution in [0.2, 0.25) is 10.0 Å². The van der Waals surface area contributed by atoms with Crippen LogP contribution in [0.4, 0.5) is 11.5 Å². The second kappa shape index (κ2) is 13.3. The number of halogens is 2. The van der Waals surface area contributed by atoms with E-state index in [4.69, 9.17) is 23.2 Å². The second-order valence-corrected chi connectivity index (χ2v) is 10.9. The summed E-state index contributed by atoms with van der Waals surface area (Å²) in [5, 5.41) is 5.08. The van der Waals surface area contributed by atoms with Crippen LogP contribution in [0.15, 0.2) is 61.1 Å². The number of piperazine rings is 1. The molecule has 1 aliphatic rings. The van der Waals surface area contributed by atoms with Gasteiger partial charge in [0.25, 0.3) is 5.91 Å². The molecule has 2 N–H and O–H groups in total. The first kappa shape index (κ1) is 28.9. The Kier molecular flexibility index (Phi) is 9.38. The molecule has 0 atom stereocenters. The fourth-order valence-electron chi connectivity index (χ4n) is 5.16. The predicted molar refractivity (Wildman–Crippen MR) is 163 cm³/mol. The Morgan fingerprint density at radius 1 is 1.05 bits per heavy atom. The van der Waals surface area contributed by atoms with E-state index in [9.17, 15) is 9.59 Å². The largest absolute Gasteiger partial charge is 0.355 e. The van der Waals surface area contributed by atoms with Gasteiger partial charge in [-0.2, -0.15) is 0 Å². The maximum Gasteiger partial charge on any atom is 0.254 e. The Labute approximate surface area is 249 Å². The van der Waals surface area contributed by atoms with Crippen LogP contribution in [0, 0.1) is 0 Å². The first-order valence-corrected chi connectivity index (χ1v) is 14.5. The summed E-state index contributed by atoms with van der Waals surface area (Å²) >= 11 is 12.3. The van der Waals surface area contributed by atoms with Gasteiger partial charge in [-0.15, -0.1) is 0 Å². The smallest absolute Gasteiger partial charge is 0.254 e. The number of hydrogen-bond donors (Lipinski definition) is 2. The van der Waals surface area contributed by atoms with Gasteiger partial charge in [-0.05, 0) is 61.3 Å². The first-order chi connectivity index (χ1) is 19.9. The van der Waals surface area contributed by atoms with E-state index in [0.29, 0.717) is 47.6 Å². The lowest BCUT2D eigenvalue weighted by Crippen LogP contribution is -2.48. The number of nitrogens with one attached hydrogen (secondary N) is 2. The lowest BCUT2D eigenvalue weighted by Gasteiger charge is -2.35. The van der Waals surface area contributed by atoms with Crippen LogP contribution in [0.5, 0.6) is 0 Å². The quantitative estimate of drug-likeness (QED) is 0.270. The van der Waals surface area contributed by atoms with E-state index in [-0.39, 0.29) is 11.8 Å². The highest BCUT2D eigenvalue weighted by Gasteiger charge is 2.23. The molecular formula is C30H33Cl2N7O2. The molecule has 0 bridgehead atoms. The molecule has 0 unspecified atom stereocenters. The van der Waals surface area contributed by atoms with Crippen molar-refractivity contribution in [2.24, 2.45) is 0 Å². The number of carbonyl (C=O) groups is 2. The average Bonchev–Trinajstić information content (AvgIpc) is 3.46. The maximum absolute atomic E-state index is 13.5. The van der Waals surface area contributed by atoms with E-state index in [1.165, 1.54) is 13.3 Å². The highest BCUT2D eigenvalue weighted by molar-refractivity contribution is 6.35. The average molecular weight is 595 g/mol. The van der Waals surface area contributed by atoms with Crippen molar-refractivity contribution >= 4 is 57.6 Å². The van der Waals surface area contributed by atoms with Crippen LogP contribution in [-0.2, 0) is 11.2 Å². The van der Waals surface area contributed by atoms with Crippen molar-refractivity contribution in [2.45, 2.75) is 19.8 Å². The van der Waals surface area contributed by atoms with Crippen molar-refractivity contribution < 1.29 is 9.59 Å². The molecule has 3 heterocycles. The van der Waals surface area contributed by atoms with Gasteiger partial charge in [0.1, 0.15) is 17.8 Å². The van der Waals surface area contributed by atoms with Crippen LogP contribution in [-0.4, -0.2) is 82.4 Å². The number of aryl methyl sites for hydroxylation is 1. The van der Waals surface area contributed by atoms with Crippen molar-refractivity contribution in [3.05, 3.63) is 82.2 Å². The lowest BCUT2D eigenvalue weighted by molar-refractivity contribution is -0.118. The van der Waals surface area contributed by atoms with E-state index in [1.54, 1.807) is 6.07 Å². The molecule has 9 nitrogen and oxygen atoms in total. The SMILES string of the molecule is CC(=O)NCCN(c1cccc(C(=O)N2CCN(CCCc3ccc(Cl)cc3Cl)CC2)c1)c1ncnc2[nH]ccc12. The van der Waals surface area contributed by atoms with E-state index in [0.717, 1.165) is 54.8 Å². The van der Waals surface area contributed by atoms with Gasteiger partial charge in [0.15, 0.2) is 0 Å². The molecule has 2 aromatic carbocycles. The number of fused-ring (bicyclic) bond motifs is 1. The zero-order valence-corrected chi connectivity index (χ0v) is 24.5. The number of amides is 2. The Hall–Kier alpha value is -3.66. The molecule has 41 heavy (non-hydrogen) atoms. The maximum atomic E-state index is 13.5. The number of hydrogen-bond acceptors (Lipinski definition) is 6. The monoisotopic (exact) mass is 593 g/mol. The summed E-state index contributed by atoms with van der Waals surface area (Å²) in [5.41, 5.74) is 3.27. The number of anilines is 2. The third kappa shape index (κ3) is 7.16. The van der Waals surface area contributed by atoms with Gasteiger partial charge in [-0.1, -0.05) is 35.3 Å². The molecule has 0 spiro atoms. The molecular weight excluding hydrogens is 561 g/mol. The molecule has 214 valence electrons. The Bertz CT molecular complexity index is 1520. The highest BCUT2D eigenvalue weighted by atomic mass is 35.5. The van der Waals surface area contributed by atoms with Gasteiger partial charge in [-0.25, -0.2) is 9.97 Å². The molecule has 0 radical (unpaired) electrons. The topological polar surface area (TPSA) is 97.5 Å². The number of aromatic nitrogens is 3. The molecule has 2 aromatic heterocycles. The summed E-state index contributed by atoms with van der Waals surface area (Å²) in [5.74, 6) is 0.617. The van der Waals surface area contributed by atoms with E-state index in [2.05, 4.69) is 25.2 Å². The summed E-state index contributed by atoms with van der Waals surface area (Å²) < 4.78 is 0. The lowest BCUT2D eigenvalue weighted by atomic mass is 10.1. The molecule has 2 amide bonds. The molecule has 1 saturated heterocycles. The van der Waals surface area contributed by atoms with Crippen LogP contribution < -0.4 is 10.2 Å². The standard InChI is InChI=1S/C30H33Cl2N7O2/c1-21(40)33-11-13-39(29-26-9-10-34-28(26)35-20-36-29)25-6-2-4-23(18-25)30(41)38-16-14-37(15-17-38)12-3-5-22-7-8-24(31)19-27(22)32/h2,4,6-10,18-20H,3,5,11-17H2,1H3,(H,33,40)(H,34,35,36). The van der Waals surface area contributed by atoms with E-state index in [1.807, 2.05) is 58.5 Å². The summed E-state index contributed by atoms with van der Waals surface area (Å²) in [6.07, 6.45) is 5.21. The Morgan fingerprint density at radius 3 is 2.66 bits per heavy atom. The molecule has 0 saturated carbocycles. The van der Waals surface area contributed by atoms with Gasteiger partial charge in [0.2, 0.25) is 5.91 Å². The minimum atomic E-state index is -0.101. The van der Waals surface area contributed by atoms with Crippen LogP contribution in [0.1, 0.15) is 29.3 Å². The van der Waals surface area contributed by atoms with Gasteiger partial charge < -0.3 is 20.1 Å². The fourth-order valence-corrected chi connectivity index (χ4v) is 5.66. The van der Waals surface area contributed by atoms with Gasteiger partial charge >= 0.3 is 0 Å². The predicted octanol–water partition coefficient (Wildman–Crippen LogP) is 4.93. The summed E-state index contributed by atoms with van der Waals surface area (Å²) in [6, 6.07) is 15.2. The van der Waals surface area contributed by atoms with E-state index >= 15 is 0 Å². The highest BCUT2D eigenvalue weighted by Crippen LogP contribution is 2.30. The molecule has 4 aromatic rings. The Balaban J connectivity index is 1.23. The summed E-state index contributed by atoms with van der Waals surface area (Å²) in [6.45, 7) is 6.36. The minimum Gasteiger partial charge on any atom is -0.355 e. The molecule has 1 aliphatic heterocycles. The van der Waals surface area contributed by atoms with Crippen molar-refractivity contribution in [1.82, 2.24) is 30.1 Å². The number of carbonyl (C=O) groups excluding carboxylic acids is 2. The number of nitrogens with zero attached hydrogens (tertiary/aromatic N) is 5. The van der Waals surface area contributed by atoms with Crippen molar-refractivity contribution in [3.63, 3.8) is 0 Å². The van der Waals surface area contributed by atoms with Crippen molar-refractivity contribution in [3.8, 4) is 0 Å². The fraction of sp³-hybridized carbons (Fsp3) is 0.333. The van der Waals surface area contributed by atoms with Gasteiger partial charge in [0, 0.05) is 73.7 Å². The Morgan fingerprint density at radius 2 is 1.88 bits per heavy atom. The van der Waals surface area contributed by atoms with Crippen LogP contribution >= 0.6 is 23.2 Å². The molecule has 1 fully saturated rings. The normalized spacial score (nSPS) is 13.9. The first-order valence-electron chi connectivity index (χ1n) is 13.7.